The van der Waals surface area contributed by atoms with Crippen molar-refractivity contribution < 1.29 is 13.9 Å². The molecule has 2 heterocycles. The molecule has 0 N–H and O–H groups in total. The summed E-state index contributed by atoms with van der Waals surface area (Å²) in [5.74, 6) is -0.219. The highest BCUT2D eigenvalue weighted by atomic mass is 19.1. The number of methoxy groups -OCH3 is 1. The van der Waals surface area contributed by atoms with E-state index >= 15 is 0 Å². The van der Waals surface area contributed by atoms with E-state index < -0.39 is 5.67 Å². The Morgan fingerprint density at radius 2 is 1.62 bits per heavy atom. The van der Waals surface area contributed by atoms with Crippen LogP contribution in [0.1, 0.15) is 50.1 Å². The number of rotatable bonds is 9. The van der Waals surface area contributed by atoms with Crippen molar-refractivity contribution in [1.82, 2.24) is 14.4 Å². The highest BCUT2D eigenvalue weighted by Crippen LogP contribution is 2.29. The molecule has 1 aliphatic rings. The van der Waals surface area contributed by atoms with E-state index in [2.05, 4.69) is 71.5 Å². The van der Waals surface area contributed by atoms with Gasteiger partial charge in [-0.2, -0.15) is 0 Å². The molecule has 6 heteroatoms. The van der Waals surface area contributed by atoms with Crippen LogP contribution in [0, 0.1) is 6.92 Å². The Labute approximate surface area is 221 Å². The van der Waals surface area contributed by atoms with Crippen LogP contribution < -0.4 is 0 Å². The van der Waals surface area contributed by atoms with Crippen LogP contribution in [0.3, 0.4) is 0 Å². The molecule has 4 rings (SSSR count). The maximum absolute atomic E-state index is 14.3. The van der Waals surface area contributed by atoms with Gasteiger partial charge < -0.3 is 9.30 Å². The van der Waals surface area contributed by atoms with Crippen LogP contribution in [-0.4, -0.2) is 71.4 Å². The highest BCUT2D eigenvalue weighted by Gasteiger charge is 2.33. The van der Waals surface area contributed by atoms with E-state index in [1.54, 1.807) is 13.8 Å². The van der Waals surface area contributed by atoms with Crippen LogP contribution in [0.25, 0.3) is 10.9 Å². The van der Waals surface area contributed by atoms with E-state index in [4.69, 9.17) is 4.74 Å². The average molecular weight is 508 g/mol. The fraction of sp³-hybridized carbons (Fsp3) is 0.516. The van der Waals surface area contributed by atoms with Gasteiger partial charge in [-0.1, -0.05) is 42.5 Å². The highest BCUT2D eigenvalue weighted by molar-refractivity contribution is 5.86. The van der Waals surface area contributed by atoms with Crippen LogP contribution >= 0.6 is 0 Å². The number of hydrogen-bond donors (Lipinski definition) is 0. The fourth-order valence-electron chi connectivity index (χ4n) is 5.87. The molecule has 5 nitrogen and oxygen atoms in total. The average Bonchev–Trinajstić information content (AvgIpc) is 3.11. The van der Waals surface area contributed by atoms with Crippen LogP contribution in [0.15, 0.2) is 48.5 Å². The minimum Gasteiger partial charge on any atom is -0.469 e. The maximum Gasteiger partial charge on any atom is 0.309 e. The first kappa shape index (κ1) is 27.3. The minimum atomic E-state index is -1.18. The second kappa shape index (κ2) is 11.4. The van der Waals surface area contributed by atoms with Crippen molar-refractivity contribution in [3.8, 4) is 0 Å². The lowest BCUT2D eigenvalue weighted by molar-refractivity contribution is -0.139. The van der Waals surface area contributed by atoms with E-state index in [0.29, 0.717) is 25.0 Å². The largest absolute Gasteiger partial charge is 0.469 e. The molecule has 2 atom stereocenters. The zero-order valence-corrected chi connectivity index (χ0v) is 23.3. The van der Waals surface area contributed by atoms with Crippen molar-refractivity contribution in [2.75, 3.05) is 33.3 Å². The summed E-state index contributed by atoms with van der Waals surface area (Å²) in [6.07, 6.45) is 1.15. The number of carbonyl (C=O) groups is 1. The summed E-state index contributed by atoms with van der Waals surface area (Å²) >= 11 is 0. The summed E-state index contributed by atoms with van der Waals surface area (Å²) in [5.41, 5.74) is 4.95. The van der Waals surface area contributed by atoms with Gasteiger partial charge in [-0.05, 0) is 63.8 Å². The van der Waals surface area contributed by atoms with Gasteiger partial charge in [0.05, 0.1) is 13.5 Å². The molecule has 0 spiro atoms. The van der Waals surface area contributed by atoms with Crippen LogP contribution in [0.4, 0.5) is 4.39 Å². The van der Waals surface area contributed by atoms with Crippen LogP contribution in [0.5, 0.6) is 0 Å². The molecular weight excluding hydrogens is 465 g/mol. The molecule has 1 fully saturated rings. The third-order valence-corrected chi connectivity index (χ3v) is 7.72. The van der Waals surface area contributed by atoms with Gasteiger partial charge in [0.2, 0.25) is 0 Å². The number of para-hydroxylation sites is 1. The summed E-state index contributed by atoms with van der Waals surface area (Å²) in [5, 5.41) is 1.30. The van der Waals surface area contributed by atoms with Crippen molar-refractivity contribution in [2.24, 2.45) is 0 Å². The predicted octanol–water partition coefficient (Wildman–Crippen LogP) is 5.40. The smallest absolute Gasteiger partial charge is 0.309 e. The lowest BCUT2D eigenvalue weighted by atomic mass is 10.0. The Kier molecular flexibility index (Phi) is 8.39. The van der Waals surface area contributed by atoms with Gasteiger partial charge in [0.1, 0.15) is 5.67 Å². The van der Waals surface area contributed by atoms with E-state index in [1.165, 1.54) is 34.8 Å². The molecule has 0 amide bonds. The van der Waals surface area contributed by atoms with Crippen molar-refractivity contribution in [2.45, 2.75) is 71.8 Å². The minimum absolute atomic E-state index is 0.219. The Hall–Kier alpha value is -2.70. The fourth-order valence-corrected chi connectivity index (χ4v) is 5.87. The molecule has 0 bridgehead atoms. The Balaban J connectivity index is 1.48. The first-order chi connectivity index (χ1) is 17.6. The van der Waals surface area contributed by atoms with Gasteiger partial charge in [0.15, 0.2) is 0 Å². The zero-order chi connectivity index (χ0) is 26.7. The quantitative estimate of drug-likeness (QED) is 0.364. The predicted molar refractivity (Wildman–Crippen MR) is 149 cm³/mol. The normalized spacial score (nSPS) is 19.4. The number of alkyl halides is 1. The molecule has 0 saturated carbocycles. The van der Waals surface area contributed by atoms with Crippen LogP contribution in [0.2, 0.25) is 0 Å². The summed E-state index contributed by atoms with van der Waals surface area (Å²) in [6.45, 7) is 14.3. The second-order valence-corrected chi connectivity index (χ2v) is 11.3. The number of fused-ring (bicyclic) bond motifs is 1. The number of ether oxygens (including phenoxy) is 1. The third kappa shape index (κ3) is 6.60. The van der Waals surface area contributed by atoms with Crippen molar-refractivity contribution >= 4 is 16.9 Å². The van der Waals surface area contributed by atoms with Gasteiger partial charge in [-0.3, -0.25) is 14.6 Å². The first-order valence-electron chi connectivity index (χ1n) is 13.4. The Bertz CT molecular complexity index is 1200. The monoisotopic (exact) mass is 507 g/mol. The van der Waals surface area contributed by atoms with E-state index in [0.717, 1.165) is 38.2 Å². The number of carbonyl (C=O) groups excluding carboxylic acids is 1. The summed E-state index contributed by atoms with van der Waals surface area (Å²) < 4.78 is 21.6. The number of benzene rings is 2. The summed E-state index contributed by atoms with van der Waals surface area (Å²) in [6, 6.07) is 17.6. The third-order valence-electron chi connectivity index (χ3n) is 7.72. The second-order valence-electron chi connectivity index (χ2n) is 11.3. The number of piperazine rings is 1. The lowest BCUT2D eigenvalue weighted by Gasteiger charge is -2.46. The molecule has 1 aliphatic heterocycles. The Morgan fingerprint density at radius 3 is 2.24 bits per heavy atom. The van der Waals surface area contributed by atoms with Gasteiger partial charge >= 0.3 is 5.97 Å². The first-order valence-corrected chi connectivity index (χ1v) is 13.4. The van der Waals surface area contributed by atoms with E-state index in [-0.39, 0.29) is 5.97 Å². The Morgan fingerprint density at radius 1 is 1.00 bits per heavy atom. The topological polar surface area (TPSA) is 37.7 Å². The van der Waals surface area contributed by atoms with Gasteiger partial charge in [-0.15, -0.1) is 0 Å². The molecule has 0 radical (unpaired) electrons. The molecule has 2 aromatic carbocycles. The zero-order valence-electron chi connectivity index (χ0n) is 23.3. The molecule has 3 aromatic rings. The van der Waals surface area contributed by atoms with E-state index in [9.17, 15) is 9.18 Å². The molecule has 200 valence electrons. The van der Waals surface area contributed by atoms with Gasteiger partial charge in [-0.25, -0.2) is 4.39 Å². The SMILES string of the molecule is COC(=O)Cc1ccc(Cc2c(C)n(CCN3C[C@@H](C)N(CC(C)(C)F)[C@@H](C)C3)c3ccccc23)cc1. The van der Waals surface area contributed by atoms with E-state index in [1.807, 2.05) is 12.1 Å². The molecule has 1 saturated heterocycles. The number of halogens is 1. The van der Waals surface area contributed by atoms with Crippen molar-refractivity contribution in [3.63, 3.8) is 0 Å². The number of esters is 1. The summed E-state index contributed by atoms with van der Waals surface area (Å²) in [4.78, 5) is 16.4. The molecule has 1 aromatic heterocycles. The molecule has 0 aliphatic carbocycles. The molecular formula is C31H42FN3O2. The lowest BCUT2D eigenvalue weighted by Crippen LogP contribution is -2.59. The number of hydrogen-bond acceptors (Lipinski definition) is 4. The van der Waals surface area contributed by atoms with Crippen LogP contribution in [-0.2, 0) is 28.9 Å². The maximum atomic E-state index is 14.3. The van der Waals surface area contributed by atoms with Crippen molar-refractivity contribution in [3.05, 3.63) is 70.9 Å². The summed E-state index contributed by atoms with van der Waals surface area (Å²) in [7, 11) is 1.42. The number of aromatic nitrogens is 1. The number of nitrogens with zero attached hydrogens (tertiary/aromatic N) is 3. The van der Waals surface area contributed by atoms with Crippen molar-refractivity contribution in [1.29, 1.82) is 0 Å². The molecule has 0 unspecified atom stereocenters. The van der Waals surface area contributed by atoms with Gasteiger partial charge in [0.25, 0.3) is 0 Å². The molecule has 37 heavy (non-hydrogen) atoms. The van der Waals surface area contributed by atoms with Gasteiger partial charge in [0, 0.05) is 61.4 Å². The standard InChI is InChI=1S/C31H42FN3O2/c1-22-19-33(20-23(2)35(22)21-31(4,5)32)15-16-34-24(3)28(27-9-7-8-10-29(27)34)17-25-11-13-26(14-12-25)18-30(36)37-6/h7-14,22-23H,15-21H2,1-6H3/t22-,23+.